The summed E-state index contributed by atoms with van der Waals surface area (Å²) in [5.41, 5.74) is 0. The van der Waals surface area contributed by atoms with Crippen LogP contribution in [0.4, 0.5) is 0 Å². The fourth-order valence-corrected chi connectivity index (χ4v) is 3.49. The summed E-state index contributed by atoms with van der Waals surface area (Å²) in [5, 5.41) is 8.55. The Bertz CT molecular complexity index is 371. The molecule has 2 heteroatoms. The summed E-state index contributed by atoms with van der Waals surface area (Å²) in [6, 6.07) is 0. The maximum atomic E-state index is 10.4. The molecule has 0 heterocycles. The Morgan fingerprint density at radius 2 is 0.893 bits per heavy atom. The Balaban J connectivity index is 3.13. The Hall–Kier alpha value is -1.05. The van der Waals surface area contributed by atoms with Gasteiger partial charge >= 0.3 is 5.97 Å². The van der Waals surface area contributed by atoms with Crippen LogP contribution >= 0.6 is 0 Å². The fraction of sp³-hybridized carbons (Fsp3) is 0.808. The van der Waals surface area contributed by atoms with Gasteiger partial charge in [0.1, 0.15) is 0 Å². The normalized spacial score (nSPS) is 11.8. The van der Waals surface area contributed by atoms with Gasteiger partial charge in [0, 0.05) is 6.42 Å². The van der Waals surface area contributed by atoms with Crippen LogP contribution in [0.2, 0.25) is 0 Å². The molecular weight excluding hydrogens is 344 g/mol. The van der Waals surface area contributed by atoms with Crippen molar-refractivity contribution in [3.05, 3.63) is 24.3 Å². The van der Waals surface area contributed by atoms with Crippen LogP contribution < -0.4 is 0 Å². The predicted molar refractivity (Wildman–Crippen MR) is 124 cm³/mol. The smallest absolute Gasteiger partial charge is 0.303 e. The van der Waals surface area contributed by atoms with Crippen LogP contribution in [0, 0.1) is 0 Å². The van der Waals surface area contributed by atoms with Crippen LogP contribution in [0.25, 0.3) is 0 Å². The number of hydrogen-bond acceptors (Lipinski definition) is 1. The SMILES string of the molecule is CCCCCCCCCCCCCCCC/C=C\CC/C=C\CCCC(=O)O. The molecule has 0 radical (unpaired) electrons. The minimum Gasteiger partial charge on any atom is -0.481 e. The number of allylic oxidation sites excluding steroid dienone is 4. The van der Waals surface area contributed by atoms with E-state index < -0.39 is 5.97 Å². The summed E-state index contributed by atoms with van der Waals surface area (Å²) in [6.45, 7) is 2.29. The third-order valence-corrected chi connectivity index (χ3v) is 5.32. The summed E-state index contributed by atoms with van der Waals surface area (Å²) in [7, 11) is 0. The summed E-state index contributed by atoms with van der Waals surface area (Å²) < 4.78 is 0. The lowest BCUT2D eigenvalue weighted by atomic mass is 10.0. The van der Waals surface area contributed by atoms with Crippen LogP contribution in [0.3, 0.4) is 0 Å². The highest BCUT2D eigenvalue weighted by Crippen LogP contribution is 2.13. The third-order valence-electron chi connectivity index (χ3n) is 5.32. The van der Waals surface area contributed by atoms with E-state index in [1.54, 1.807) is 0 Å². The first-order chi connectivity index (χ1) is 13.8. The van der Waals surface area contributed by atoms with Crippen molar-refractivity contribution in [2.24, 2.45) is 0 Å². The molecule has 164 valence electrons. The van der Waals surface area contributed by atoms with E-state index in [4.69, 9.17) is 5.11 Å². The van der Waals surface area contributed by atoms with Gasteiger partial charge in [-0.05, 0) is 38.5 Å². The van der Waals surface area contributed by atoms with E-state index in [1.165, 1.54) is 96.3 Å². The van der Waals surface area contributed by atoms with Crippen LogP contribution in [0.15, 0.2) is 24.3 Å². The summed E-state index contributed by atoms with van der Waals surface area (Å²) in [6.07, 6.45) is 34.1. The van der Waals surface area contributed by atoms with Gasteiger partial charge in [0.2, 0.25) is 0 Å². The Labute approximate surface area is 175 Å². The van der Waals surface area contributed by atoms with Crippen molar-refractivity contribution < 1.29 is 9.90 Å². The fourth-order valence-electron chi connectivity index (χ4n) is 3.49. The Morgan fingerprint density at radius 1 is 0.536 bits per heavy atom. The van der Waals surface area contributed by atoms with Crippen LogP contribution in [0.1, 0.15) is 135 Å². The maximum absolute atomic E-state index is 10.4. The molecule has 0 aliphatic carbocycles. The highest BCUT2D eigenvalue weighted by Gasteiger charge is 1.94. The molecule has 0 aromatic carbocycles. The zero-order chi connectivity index (χ0) is 20.5. The highest BCUT2D eigenvalue weighted by atomic mass is 16.4. The van der Waals surface area contributed by atoms with Gasteiger partial charge in [-0.2, -0.15) is 0 Å². The number of carboxylic acid groups (broad SMARTS) is 1. The van der Waals surface area contributed by atoms with Gasteiger partial charge in [0.25, 0.3) is 0 Å². The van der Waals surface area contributed by atoms with Gasteiger partial charge in [0.15, 0.2) is 0 Å². The molecule has 0 saturated carbocycles. The van der Waals surface area contributed by atoms with Gasteiger partial charge in [-0.3, -0.25) is 4.79 Å². The van der Waals surface area contributed by atoms with E-state index in [0.717, 1.165) is 25.7 Å². The second-order valence-corrected chi connectivity index (χ2v) is 8.19. The van der Waals surface area contributed by atoms with Gasteiger partial charge in [-0.25, -0.2) is 0 Å². The molecule has 0 spiro atoms. The quantitative estimate of drug-likeness (QED) is 0.147. The molecule has 0 amide bonds. The van der Waals surface area contributed by atoms with Crippen molar-refractivity contribution >= 4 is 5.97 Å². The lowest BCUT2D eigenvalue weighted by molar-refractivity contribution is -0.137. The molecule has 0 aliphatic heterocycles. The van der Waals surface area contributed by atoms with E-state index in [2.05, 4.69) is 31.2 Å². The summed E-state index contributed by atoms with van der Waals surface area (Å²) >= 11 is 0. The zero-order valence-electron chi connectivity index (χ0n) is 18.8. The van der Waals surface area contributed by atoms with Crippen molar-refractivity contribution in [3.63, 3.8) is 0 Å². The largest absolute Gasteiger partial charge is 0.481 e. The highest BCUT2D eigenvalue weighted by molar-refractivity contribution is 5.66. The van der Waals surface area contributed by atoms with E-state index in [9.17, 15) is 4.79 Å². The van der Waals surface area contributed by atoms with Crippen molar-refractivity contribution in [1.82, 2.24) is 0 Å². The number of unbranched alkanes of at least 4 members (excludes halogenated alkanes) is 16. The average molecular weight is 393 g/mol. The Kier molecular flexibility index (Phi) is 23.1. The lowest BCUT2D eigenvalue weighted by Crippen LogP contribution is -1.92. The van der Waals surface area contributed by atoms with Gasteiger partial charge in [-0.1, -0.05) is 115 Å². The van der Waals surface area contributed by atoms with Crippen LogP contribution in [0.5, 0.6) is 0 Å². The predicted octanol–water partition coefficient (Wildman–Crippen LogP) is 9.01. The van der Waals surface area contributed by atoms with Gasteiger partial charge < -0.3 is 5.11 Å². The van der Waals surface area contributed by atoms with Crippen molar-refractivity contribution in [1.29, 1.82) is 0 Å². The van der Waals surface area contributed by atoms with Crippen molar-refractivity contribution in [2.45, 2.75) is 135 Å². The molecule has 0 unspecified atom stereocenters. The number of rotatable bonds is 22. The van der Waals surface area contributed by atoms with Crippen LogP contribution in [-0.4, -0.2) is 11.1 Å². The molecule has 0 aromatic rings. The average Bonchev–Trinajstić information content (AvgIpc) is 2.68. The van der Waals surface area contributed by atoms with E-state index in [1.807, 2.05) is 0 Å². The standard InChI is InChI=1S/C26H48O2/c1-2-3-4-5-6-7-8-9-10-11-12-13-14-15-16-17-18-19-20-21-22-23-24-25-26(27)28/h17-18,21-22H,2-16,19-20,23-25H2,1H3,(H,27,28)/b18-17-,22-21-. The molecule has 28 heavy (non-hydrogen) atoms. The first kappa shape index (κ1) is 27.0. The summed E-state index contributed by atoms with van der Waals surface area (Å²) in [4.78, 5) is 10.4. The third kappa shape index (κ3) is 24.9. The van der Waals surface area contributed by atoms with Gasteiger partial charge in [-0.15, -0.1) is 0 Å². The molecular formula is C26H48O2. The molecule has 0 aromatic heterocycles. The second kappa shape index (κ2) is 24.0. The topological polar surface area (TPSA) is 37.3 Å². The molecule has 0 bridgehead atoms. The monoisotopic (exact) mass is 392 g/mol. The molecule has 0 rings (SSSR count). The number of carbonyl (C=O) groups is 1. The van der Waals surface area contributed by atoms with E-state index >= 15 is 0 Å². The number of hydrogen-bond donors (Lipinski definition) is 1. The molecule has 2 nitrogen and oxygen atoms in total. The molecule has 0 atom stereocenters. The zero-order valence-corrected chi connectivity index (χ0v) is 18.8. The number of carboxylic acids is 1. The molecule has 0 fully saturated rings. The van der Waals surface area contributed by atoms with Crippen LogP contribution in [-0.2, 0) is 4.79 Å². The maximum Gasteiger partial charge on any atom is 0.303 e. The van der Waals surface area contributed by atoms with Crippen molar-refractivity contribution in [3.8, 4) is 0 Å². The molecule has 1 N–H and O–H groups in total. The minimum absolute atomic E-state index is 0.281. The first-order valence-electron chi connectivity index (χ1n) is 12.3. The molecule has 0 saturated heterocycles. The van der Waals surface area contributed by atoms with E-state index in [0.29, 0.717) is 0 Å². The van der Waals surface area contributed by atoms with Crippen molar-refractivity contribution in [2.75, 3.05) is 0 Å². The minimum atomic E-state index is -0.695. The molecule has 0 aliphatic rings. The second-order valence-electron chi connectivity index (χ2n) is 8.19. The Morgan fingerprint density at radius 3 is 1.32 bits per heavy atom. The lowest BCUT2D eigenvalue weighted by Gasteiger charge is -2.02. The van der Waals surface area contributed by atoms with E-state index in [-0.39, 0.29) is 6.42 Å². The van der Waals surface area contributed by atoms with Gasteiger partial charge in [0.05, 0.1) is 0 Å². The number of aliphatic carboxylic acids is 1. The first-order valence-corrected chi connectivity index (χ1v) is 12.3. The summed E-state index contributed by atoms with van der Waals surface area (Å²) in [5.74, 6) is -0.695.